The smallest absolute Gasteiger partial charge is 0.251 e. The monoisotopic (exact) mass is 1090 g/mol. The minimum Gasteiger partial charge on any atom is -0.381 e. The number of carbonyl (C=O) groups is 6. The van der Waals surface area contributed by atoms with Crippen LogP contribution in [0.2, 0.25) is 0 Å². The van der Waals surface area contributed by atoms with Crippen LogP contribution in [0.15, 0.2) is 84.9 Å². The van der Waals surface area contributed by atoms with E-state index in [9.17, 15) is 33.2 Å². The molecule has 1 unspecified atom stereocenters. The van der Waals surface area contributed by atoms with Crippen LogP contribution in [0.25, 0.3) is 0 Å². The molecule has 4 aromatic rings. The Morgan fingerprint density at radius 3 is 2.37 bits per heavy atom. The van der Waals surface area contributed by atoms with Crippen molar-refractivity contribution in [3.63, 3.8) is 0 Å². The van der Waals surface area contributed by atoms with Crippen molar-refractivity contribution in [2.24, 2.45) is 17.8 Å². The van der Waals surface area contributed by atoms with Gasteiger partial charge in [-0.1, -0.05) is 62.4 Å². The molecule has 5 aliphatic rings. The molecule has 4 N–H and O–H groups in total. The van der Waals surface area contributed by atoms with Gasteiger partial charge in [-0.15, -0.1) is 0 Å². The number of fused-ring (bicyclic) bond motifs is 2. The highest BCUT2D eigenvalue weighted by Crippen LogP contribution is 2.43. The molecule has 9 rings (SSSR count). The molecule has 0 bridgehead atoms. The van der Waals surface area contributed by atoms with Crippen molar-refractivity contribution in [2.45, 2.75) is 103 Å². The second-order valence-electron chi connectivity index (χ2n) is 22.6. The first-order chi connectivity index (χ1) is 38.0. The highest BCUT2D eigenvalue weighted by atomic mass is 19.1. The second kappa shape index (κ2) is 25.3. The second-order valence-corrected chi connectivity index (χ2v) is 22.6. The van der Waals surface area contributed by atoms with Crippen molar-refractivity contribution < 1.29 is 47.0 Å². The lowest BCUT2D eigenvalue weighted by Crippen LogP contribution is -2.62. The van der Waals surface area contributed by atoms with Crippen molar-refractivity contribution in [3.05, 3.63) is 130 Å². The van der Waals surface area contributed by atoms with E-state index < -0.39 is 35.0 Å². The van der Waals surface area contributed by atoms with Gasteiger partial charge in [-0.25, -0.2) is 8.78 Å². The van der Waals surface area contributed by atoms with Crippen LogP contribution in [0.3, 0.4) is 0 Å². The molecular formula is C61H76F2N8O8. The zero-order valence-corrected chi connectivity index (χ0v) is 46.2. The van der Waals surface area contributed by atoms with E-state index in [0.717, 1.165) is 42.4 Å². The van der Waals surface area contributed by atoms with Gasteiger partial charge in [0.1, 0.15) is 23.5 Å². The summed E-state index contributed by atoms with van der Waals surface area (Å²) in [5, 5.41) is 12.1. The van der Waals surface area contributed by atoms with Gasteiger partial charge in [0.15, 0.2) is 0 Å². The van der Waals surface area contributed by atoms with Crippen LogP contribution >= 0.6 is 0 Å². The maximum atomic E-state index is 15.6. The minimum absolute atomic E-state index is 0.0000868. The normalized spacial score (nSPS) is 23.3. The number of hydrogen-bond acceptors (Lipinski definition) is 11. The third-order valence-electron chi connectivity index (χ3n) is 17.0. The summed E-state index contributed by atoms with van der Waals surface area (Å²) in [6.07, 6.45) is 2.41. The molecule has 0 radical (unpaired) electrons. The molecule has 5 heterocycles. The van der Waals surface area contributed by atoms with Crippen LogP contribution in [-0.2, 0) is 51.8 Å². The Hall–Kier alpha value is -6.44. The molecule has 79 heavy (non-hydrogen) atoms. The summed E-state index contributed by atoms with van der Waals surface area (Å²) in [5.41, 5.74) is 3.12. The number of carbonyl (C=O) groups excluding carboxylic acids is 6. The summed E-state index contributed by atoms with van der Waals surface area (Å²) in [6.45, 7) is 15.6. The van der Waals surface area contributed by atoms with E-state index >= 15 is 4.39 Å². The fraction of sp³-hybridized carbons (Fsp3) is 0.508. The third-order valence-corrected chi connectivity index (χ3v) is 17.0. The van der Waals surface area contributed by atoms with E-state index in [4.69, 9.17) is 9.47 Å². The summed E-state index contributed by atoms with van der Waals surface area (Å²) in [4.78, 5) is 93.2. The average Bonchev–Trinajstić information content (AvgIpc) is 4.12. The van der Waals surface area contributed by atoms with Crippen LogP contribution in [0.4, 0.5) is 20.2 Å². The van der Waals surface area contributed by atoms with Gasteiger partial charge < -0.3 is 40.5 Å². The molecule has 5 aliphatic heterocycles. The standard InChI is InChI=1S/C61H76F2N8O8/c1-6-38(2)54(72)30-49(43-19-24-78-25-20-43)59(76)70-33-45-9-7-8-10-48(45)56(70)58(75)67-52-29-44(14-18-51(52)63)57(74)64-21-22-65-60(77)61(5)37-71(53-28-42(13-17-50(53)61)27-41-11-15-46(62)16-12-41)55(73)35-69-32-39(3)66-31-47(69)34-68-23-26-79-36-40(68)4/h7-18,28-29,38-40,43,47,49,56,66H,6,19-27,30-37H2,1-5H3,(H,64,74)(H,65,77)(H,67,75)/t38-,39-,40-,47-,49+,56+,61?/m1/s1. The lowest BCUT2D eigenvalue weighted by molar-refractivity contribution is -0.147. The number of piperazine rings is 1. The molecular weight excluding hydrogens is 1010 g/mol. The van der Waals surface area contributed by atoms with Crippen LogP contribution < -0.4 is 26.2 Å². The fourth-order valence-corrected chi connectivity index (χ4v) is 12.0. The summed E-state index contributed by atoms with van der Waals surface area (Å²) >= 11 is 0. The summed E-state index contributed by atoms with van der Waals surface area (Å²) in [6, 6.07) is 22.3. The zero-order valence-electron chi connectivity index (χ0n) is 46.2. The minimum atomic E-state index is -1.16. The fourth-order valence-electron chi connectivity index (χ4n) is 12.0. The molecule has 0 aromatic heterocycles. The number of halogens is 2. The Labute approximate surface area is 462 Å². The van der Waals surface area contributed by atoms with Crippen molar-refractivity contribution in [3.8, 4) is 0 Å². The Morgan fingerprint density at radius 2 is 1.61 bits per heavy atom. The lowest BCUT2D eigenvalue weighted by atomic mass is 9.80. The average molecular weight is 1090 g/mol. The molecule has 3 saturated heterocycles. The first-order valence-corrected chi connectivity index (χ1v) is 28.1. The van der Waals surface area contributed by atoms with Crippen LogP contribution in [0.5, 0.6) is 0 Å². The number of morpholine rings is 1. The molecule has 0 aliphatic carbocycles. The quantitative estimate of drug-likeness (QED) is 0.0791. The Kier molecular flexibility index (Phi) is 18.4. The Morgan fingerprint density at radius 1 is 0.861 bits per heavy atom. The first-order valence-electron chi connectivity index (χ1n) is 28.1. The maximum Gasteiger partial charge on any atom is 0.251 e. The van der Waals surface area contributed by atoms with Crippen LogP contribution in [0.1, 0.15) is 105 Å². The molecule has 3 fully saturated rings. The SMILES string of the molecule is CC[C@@H](C)C(=O)C[C@H](C(=O)N1Cc2ccccc2[C@H]1C(=O)Nc1cc(C(=O)NCCNC(=O)C2(C)CN(C(=O)CN3C[C@@H](C)NC[C@@H]3CN3CCOC[C@H]3C)c3cc(Cc4ccc(F)cc4)ccc32)ccc1F)C1CCOCC1. The van der Waals surface area contributed by atoms with E-state index in [1.807, 2.05) is 51.1 Å². The van der Waals surface area contributed by atoms with E-state index in [1.54, 1.807) is 29.2 Å². The van der Waals surface area contributed by atoms with Crippen molar-refractivity contribution in [2.75, 3.05) is 89.0 Å². The van der Waals surface area contributed by atoms with Gasteiger partial charge in [0.25, 0.3) is 11.8 Å². The first kappa shape index (κ1) is 57.3. The van der Waals surface area contributed by atoms with Crippen molar-refractivity contribution in [1.82, 2.24) is 30.7 Å². The number of benzene rings is 4. The number of amides is 5. The molecule has 0 saturated carbocycles. The number of ether oxygens (including phenoxy) is 2. The van der Waals surface area contributed by atoms with E-state index in [1.165, 1.54) is 29.2 Å². The molecule has 16 nitrogen and oxygen atoms in total. The van der Waals surface area contributed by atoms with E-state index in [2.05, 4.69) is 44.9 Å². The van der Waals surface area contributed by atoms with Crippen LogP contribution in [0, 0.1) is 29.4 Å². The highest BCUT2D eigenvalue weighted by Gasteiger charge is 2.48. The van der Waals surface area contributed by atoms with Gasteiger partial charge in [-0.2, -0.15) is 0 Å². The molecule has 5 amide bonds. The molecule has 4 aromatic carbocycles. The predicted molar refractivity (Wildman–Crippen MR) is 296 cm³/mol. The summed E-state index contributed by atoms with van der Waals surface area (Å²) < 4.78 is 40.8. The number of nitrogens with zero attached hydrogens (tertiary/aromatic N) is 4. The number of Topliss-reactive ketones (excluding diaryl/α,β-unsaturated/α-hetero) is 1. The van der Waals surface area contributed by atoms with Crippen molar-refractivity contribution in [1.29, 1.82) is 0 Å². The number of rotatable bonds is 19. The number of nitrogens with one attached hydrogen (secondary N) is 4. The van der Waals surface area contributed by atoms with Gasteiger partial charge in [0.2, 0.25) is 17.7 Å². The highest BCUT2D eigenvalue weighted by molar-refractivity contribution is 6.04. The largest absolute Gasteiger partial charge is 0.381 e. The van der Waals surface area contributed by atoms with Crippen molar-refractivity contribution >= 4 is 46.7 Å². The van der Waals surface area contributed by atoms with Gasteiger partial charge in [0.05, 0.1) is 30.9 Å². The maximum absolute atomic E-state index is 15.6. The Balaban J connectivity index is 0.860. The molecule has 7 atom stereocenters. The van der Waals surface area contributed by atoms with E-state index in [0.29, 0.717) is 75.5 Å². The number of ketones is 1. The molecule has 0 spiro atoms. The summed E-state index contributed by atoms with van der Waals surface area (Å²) in [5.74, 6) is -4.14. The Bertz CT molecular complexity index is 2880. The zero-order chi connectivity index (χ0) is 56.0. The van der Waals surface area contributed by atoms with Gasteiger partial charge >= 0.3 is 0 Å². The van der Waals surface area contributed by atoms with Gasteiger partial charge in [-0.05, 0) is 117 Å². The lowest BCUT2D eigenvalue weighted by Gasteiger charge is -2.43. The topological polar surface area (TPSA) is 182 Å². The summed E-state index contributed by atoms with van der Waals surface area (Å²) in [7, 11) is 0. The molecule has 18 heteroatoms. The number of anilines is 2. The predicted octanol–water partition coefficient (Wildman–Crippen LogP) is 6.16. The number of hydrogen-bond donors (Lipinski definition) is 4. The van der Waals surface area contributed by atoms with Gasteiger partial charge in [-0.3, -0.25) is 38.6 Å². The van der Waals surface area contributed by atoms with E-state index in [-0.39, 0.29) is 110 Å². The third kappa shape index (κ3) is 13.1. The molecule has 422 valence electrons. The van der Waals surface area contributed by atoms with Crippen LogP contribution in [-0.4, -0.2) is 147 Å². The van der Waals surface area contributed by atoms with Gasteiger partial charge in [0, 0.05) is 113 Å².